The number of halogens is 1. The van der Waals surface area contributed by atoms with Gasteiger partial charge in [-0.25, -0.2) is 4.39 Å². The molecule has 0 spiro atoms. The van der Waals surface area contributed by atoms with Crippen LogP contribution < -0.4 is 10.2 Å². The van der Waals surface area contributed by atoms with Gasteiger partial charge in [-0.15, -0.1) is 10.2 Å². The molecule has 1 aliphatic rings. The van der Waals surface area contributed by atoms with E-state index < -0.39 is 0 Å². The number of carbonyl (C=O) groups is 1. The zero-order valence-electron chi connectivity index (χ0n) is 14.5. The van der Waals surface area contributed by atoms with Gasteiger partial charge in [-0.05, 0) is 49.6 Å². The summed E-state index contributed by atoms with van der Waals surface area (Å²) in [6, 6.07) is 10.2. The summed E-state index contributed by atoms with van der Waals surface area (Å²) in [5.41, 5.74) is 2.15. The summed E-state index contributed by atoms with van der Waals surface area (Å²) in [6.45, 7) is 3.25. The van der Waals surface area contributed by atoms with Gasteiger partial charge in [0.15, 0.2) is 5.65 Å². The molecule has 26 heavy (non-hydrogen) atoms. The number of pyridine rings is 1. The van der Waals surface area contributed by atoms with Crippen molar-refractivity contribution in [3.63, 3.8) is 0 Å². The lowest BCUT2D eigenvalue weighted by Crippen LogP contribution is -2.41. The highest BCUT2D eigenvalue weighted by Crippen LogP contribution is 2.24. The van der Waals surface area contributed by atoms with E-state index in [2.05, 4.69) is 20.4 Å². The van der Waals surface area contributed by atoms with E-state index in [1.807, 2.05) is 35.7 Å². The molecule has 6 nitrogen and oxygen atoms in total. The molecule has 0 saturated carbocycles. The number of benzene rings is 1. The van der Waals surface area contributed by atoms with Gasteiger partial charge in [-0.2, -0.15) is 0 Å². The molecule has 0 aliphatic carbocycles. The van der Waals surface area contributed by atoms with Crippen molar-refractivity contribution in [2.24, 2.45) is 5.92 Å². The third-order valence-electron chi connectivity index (χ3n) is 4.83. The number of amides is 1. The minimum Gasteiger partial charge on any atom is -0.340 e. The van der Waals surface area contributed by atoms with Crippen LogP contribution in [0, 0.1) is 18.7 Å². The van der Waals surface area contributed by atoms with E-state index in [1.165, 1.54) is 12.1 Å². The molecule has 4 rings (SSSR count). The van der Waals surface area contributed by atoms with Crippen LogP contribution in [0.3, 0.4) is 0 Å². The number of nitrogens with zero attached hydrogens (tertiary/aromatic N) is 4. The van der Waals surface area contributed by atoms with E-state index in [0.29, 0.717) is 12.2 Å². The van der Waals surface area contributed by atoms with Crippen LogP contribution in [0.5, 0.6) is 0 Å². The Bertz CT molecular complexity index is 954. The number of carbonyl (C=O) groups excluding carboxylic acids is 1. The monoisotopic (exact) mass is 353 g/mol. The lowest BCUT2D eigenvalue weighted by Gasteiger charge is -2.32. The van der Waals surface area contributed by atoms with Crippen LogP contribution in [-0.2, 0) is 4.79 Å². The maximum absolute atomic E-state index is 13.5. The number of fused-ring (bicyclic) bond motifs is 1. The number of aryl methyl sites for hydroxylation is 1. The average molecular weight is 353 g/mol. The summed E-state index contributed by atoms with van der Waals surface area (Å²) in [7, 11) is 0. The van der Waals surface area contributed by atoms with E-state index in [1.54, 1.807) is 6.07 Å². The van der Waals surface area contributed by atoms with E-state index in [4.69, 9.17) is 0 Å². The van der Waals surface area contributed by atoms with E-state index in [9.17, 15) is 9.18 Å². The number of anilines is 2. The van der Waals surface area contributed by atoms with Crippen LogP contribution in [0.25, 0.3) is 5.65 Å². The maximum Gasteiger partial charge on any atom is 0.231 e. The Balaban J connectivity index is 1.51. The van der Waals surface area contributed by atoms with Crippen molar-refractivity contribution in [1.29, 1.82) is 0 Å². The Morgan fingerprint density at radius 3 is 3.04 bits per heavy atom. The van der Waals surface area contributed by atoms with Gasteiger partial charge in [0, 0.05) is 25.0 Å². The molecule has 1 aliphatic heterocycles. The van der Waals surface area contributed by atoms with E-state index in [-0.39, 0.29) is 17.6 Å². The molecule has 3 aromatic rings. The van der Waals surface area contributed by atoms with Gasteiger partial charge in [0.2, 0.25) is 11.9 Å². The molecule has 1 saturated heterocycles. The van der Waals surface area contributed by atoms with Gasteiger partial charge >= 0.3 is 0 Å². The number of hydrogen-bond acceptors (Lipinski definition) is 4. The fourth-order valence-corrected chi connectivity index (χ4v) is 3.38. The third-order valence-corrected chi connectivity index (χ3v) is 4.83. The van der Waals surface area contributed by atoms with Crippen LogP contribution in [0.1, 0.15) is 18.4 Å². The third kappa shape index (κ3) is 3.12. The van der Waals surface area contributed by atoms with Crippen molar-refractivity contribution in [2.75, 3.05) is 23.3 Å². The van der Waals surface area contributed by atoms with Crippen LogP contribution in [0.15, 0.2) is 42.6 Å². The molecule has 2 aromatic heterocycles. The molecule has 1 unspecified atom stereocenters. The summed E-state index contributed by atoms with van der Waals surface area (Å²) in [5, 5.41) is 11.3. The quantitative estimate of drug-likeness (QED) is 0.786. The molecule has 3 heterocycles. The van der Waals surface area contributed by atoms with Gasteiger partial charge in [0.1, 0.15) is 5.82 Å². The second-order valence-corrected chi connectivity index (χ2v) is 6.66. The molecule has 1 N–H and O–H groups in total. The summed E-state index contributed by atoms with van der Waals surface area (Å²) in [6.07, 6.45) is 3.61. The molecule has 0 radical (unpaired) electrons. The first-order valence-electron chi connectivity index (χ1n) is 8.73. The lowest BCUT2D eigenvalue weighted by atomic mass is 9.97. The Kier molecular flexibility index (Phi) is 4.28. The van der Waals surface area contributed by atoms with Crippen molar-refractivity contribution in [3.05, 3.63) is 54.0 Å². The molecule has 0 bridgehead atoms. The molecule has 1 amide bonds. The highest BCUT2D eigenvalue weighted by molar-refractivity contribution is 5.93. The number of hydrogen-bond donors (Lipinski definition) is 1. The molecule has 1 fully saturated rings. The van der Waals surface area contributed by atoms with Gasteiger partial charge in [0.25, 0.3) is 0 Å². The summed E-state index contributed by atoms with van der Waals surface area (Å²) < 4.78 is 15.4. The van der Waals surface area contributed by atoms with Crippen LogP contribution in [0.4, 0.5) is 16.0 Å². The van der Waals surface area contributed by atoms with Gasteiger partial charge in [-0.3, -0.25) is 9.20 Å². The molecular weight excluding hydrogens is 333 g/mol. The minimum atomic E-state index is -0.355. The Labute approximate surface area is 150 Å². The molecule has 1 aromatic carbocycles. The number of aromatic nitrogens is 3. The Morgan fingerprint density at radius 1 is 1.27 bits per heavy atom. The molecule has 1 atom stereocenters. The van der Waals surface area contributed by atoms with Crippen molar-refractivity contribution in [3.8, 4) is 0 Å². The number of piperidine rings is 1. The fraction of sp³-hybridized carbons (Fsp3) is 0.316. The second-order valence-electron chi connectivity index (χ2n) is 6.66. The van der Waals surface area contributed by atoms with Crippen molar-refractivity contribution >= 4 is 23.2 Å². The van der Waals surface area contributed by atoms with Crippen molar-refractivity contribution < 1.29 is 9.18 Å². The van der Waals surface area contributed by atoms with Crippen molar-refractivity contribution in [1.82, 2.24) is 14.6 Å². The number of nitrogens with one attached hydrogen (secondary N) is 1. The topological polar surface area (TPSA) is 62.5 Å². The molecular formula is C19H20FN5O. The van der Waals surface area contributed by atoms with Crippen LogP contribution >= 0.6 is 0 Å². The average Bonchev–Trinajstić information content (AvgIpc) is 3.09. The normalized spacial score (nSPS) is 17.5. The smallest absolute Gasteiger partial charge is 0.231 e. The lowest BCUT2D eigenvalue weighted by molar-refractivity contribution is -0.120. The Hall–Kier alpha value is -2.96. The van der Waals surface area contributed by atoms with Crippen LogP contribution in [0.2, 0.25) is 0 Å². The minimum absolute atomic E-state index is 0.0859. The summed E-state index contributed by atoms with van der Waals surface area (Å²) in [5.74, 6) is 0.130. The molecule has 7 heteroatoms. The standard InChI is InChI=1S/C19H20FN5O/c1-13-7-8-15(20)11-16(13)21-18(26)14-5-4-9-24(12-14)19-23-22-17-6-2-3-10-25(17)19/h2-3,6-8,10-11,14H,4-5,9,12H2,1H3,(H,21,26). The zero-order chi connectivity index (χ0) is 18.1. The van der Waals surface area contributed by atoms with Gasteiger partial charge in [0.05, 0.1) is 5.92 Å². The summed E-state index contributed by atoms with van der Waals surface area (Å²) >= 11 is 0. The first-order chi connectivity index (χ1) is 12.6. The van der Waals surface area contributed by atoms with Crippen molar-refractivity contribution in [2.45, 2.75) is 19.8 Å². The predicted octanol–water partition coefficient (Wildman–Crippen LogP) is 3.03. The first-order valence-corrected chi connectivity index (χ1v) is 8.73. The van der Waals surface area contributed by atoms with E-state index >= 15 is 0 Å². The highest BCUT2D eigenvalue weighted by atomic mass is 19.1. The van der Waals surface area contributed by atoms with Crippen LogP contribution in [-0.4, -0.2) is 33.6 Å². The second kappa shape index (κ2) is 6.74. The van der Waals surface area contributed by atoms with E-state index in [0.717, 1.165) is 36.5 Å². The Morgan fingerprint density at radius 2 is 2.15 bits per heavy atom. The van der Waals surface area contributed by atoms with Gasteiger partial charge in [-0.1, -0.05) is 12.1 Å². The molecule has 134 valence electrons. The zero-order valence-corrected chi connectivity index (χ0v) is 14.5. The number of rotatable bonds is 3. The fourth-order valence-electron chi connectivity index (χ4n) is 3.38. The van der Waals surface area contributed by atoms with Gasteiger partial charge < -0.3 is 10.2 Å². The highest BCUT2D eigenvalue weighted by Gasteiger charge is 2.28. The summed E-state index contributed by atoms with van der Waals surface area (Å²) in [4.78, 5) is 14.8. The largest absolute Gasteiger partial charge is 0.340 e. The SMILES string of the molecule is Cc1ccc(F)cc1NC(=O)C1CCCN(c2nnc3ccccn23)C1. The maximum atomic E-state index is 13.5. The predicted molar refractivity (Wildman–Crippen MR) is 97.7 cm³/mol. The first kappa shape index (κ1) is 16.5.